The third-order valence-corrected chi connectivity index (χ3v) is 15.4. The van der Waals surface area contributed by atoms with Crippen LogP contribution in [0.4, 0.5) is 0 Å². The van der Waals surface area contributed by atoms with Gasteiger partial charge in [-0.2, -0.15) is 0 Å². The predicted molar refractivity (Wildman–Crippen MR) is 326 cm³/mol. The molecule has 1 atom stereocenters. The number of carbonyl (C=O) groups is 3. The van der Waals surface area contributed by atoms with E-state index in [2.05, 4.69) is 45.1 Å². The number of carbonyl (C=O) groups excluding carboxylic acids is 3. The maximum atomic E-state index is 12.8. The fourth-order valence-electron chi connectivity index (χ4n) is 10.3. The van der Waals surface area contributed by atoms with E-state index in [9.17, 15) is 14.4 Å². The van der Waals surface area contributed by atoms with Gasteiger partial charge in [-0.15, -0.1) is 0 Å². The Balaban J connectivity index is 3.99. The summed E-state index contributed by atoms with van der Waals surface area (Å²) in [7, 11) is 0. The summed E-state index contributed by atoms with van der Waals surface area (Å²) in [6, 6.07) is 0. The van der Waals surface area contributed by atoms with Crippen molar-refractivity contribution in [2.75, 3.05) is 13.2 Å². The minimum atomic E-state index is -0.770. The molecule has 0 rings (SSSR count). The molecule has 0 saturated carbocycles. The van der Waals surface area contributed by atoms with Crippen LogP contribution in [0.3, 0.4) is 0 Å². The molecule has 1 unspecified atom stereocenters. The van der Waals surface area contributed by atoms with Crippen LogP contribution in [0, 0.1) is 0 Å². The third kappa shape index (κ3) is 62.6. The van der Waals surface area contributed by atoms with Crippen LogP contribution in [0.15, 0.2) is 24.3 Å². The van der Waals surface area contributed by atoms with Crippen LogP contribution < -0.4 is 0 Å². The van der Waals surface area contributed by atoms with Crippen molar-refractivity contribution in [1.29, 1.82) is 0 Å². The first-order valence-electron chi connectivity index (χ1n) is 33.8. The lowest BCUT2D eigenvalue weighted by Crippen LogP contribution is -2.30. The minimum Gasteiger partial charge on any atom is -0.462 e. The molecule has 0 N–H and O–H groups in total. The molecule has 0 aromatic rings. The normalized spacial score (nSPS) is 12.1. The molecule has 0 fully saturated rings. The summed E-state index contributed by atoms with van der Waals surface area (Å²) >= 11 is 0. The first-order chi connectivity index (χ1) is 37.0. The molecule has 442 valence electrons. The molecule has 0 saturated heterocycles. The molecule has 0 aliphatic carbocycles. The summed E-state index contributed by atoms with van der Waals surface area (Å²) in [4.78, 5) is 38.1. The summed E-state index contributed by atoms with van der Waals surface area (Å²) in [6.07, 6.45) is 78.0. The van der Waals surface area contributed by atoms with Gasteiger partial charge >= 0.3 is 17.9 Å². The number of allylic oxidation sites excluding steroid dienone is 4. The highest BCUT2D eigenvalue weighted by atomic mass is 16.6. The zero-order chi connectivity index (χ0) is 54.3. The molecule has 0 bridgehead atoms. The Morgan fingerprint density at radius 1 is 0.253 bits per heavy atom. The highest BCUT2D eigenvalue weighted by molar-refractivity contribution is 5.71. The minimum absolute atomic E-state index is 0.0689. The van der Waals surface area contributed by atoms with Crippen LogP contribution in [0.2, 0.25) is 0 Å². The molecular formula is C69H130O6. The van der Waals surface area contributed by atoms with E-state index in [1.807, 2.05) is 0 Å². The zero-order valence-corrected chi connectivity index (χ0v) is 50.8. The van der Waals surface area contributed by atoms with Gasteiger partial charge in [-0.25, -0.2) is 0 Å². The van der Waals surface area contributed by atoms with Crippen LogP contribution in [0.1, 0.15) is 380 Å². The Morgan fingerprint density at radius 3 is 0.667 bits per heavy atom. The lowest BCUT2D eigenvalue weighted by Gasteiger charge is -2.18. The summed E-state index contributed by atoms with van der Waals surface area (Å²) < 4.78 is 16.9. The Hall–Kier alpha value is -2.11. The van der Waals surface area contributed by atoms with E-state index in [0.29, 0.717) is 19.3 Å². The average molecular weight is 1060 g/mol. The maximum absolute atomic E-state index is 12.8. The Morgan fingerprint density at radius 2 is 0.440 bits per heavy atom. The van der Waals surface area contributed by atoms with Crippen LogP contribution in [-0.2, 0) is 28.6 Å². The third-order valence-electron chi connectivity index (χ3n) is 15.4. The van der Waals surface area contributed by atoms with E-state index in [1.54, 1.807) is 0 Å². The molecular weight excluding hydrogens is 925 g/mol. The van der Waals surface area contributed by atoms with E-state index in [4.69, 9.17) is 14.2 Å². The van der Waals surface area contributed by atoms with Gasteiger partial charge in [-0.3, -0.25) is 14.4 Å². The molecule has 6 nitrogen and oxygen atoms in total. The molecule has 0 aromatic carbocycles. The van der Waals surface area contributed by atoms with Crippen molar-refractivity contribution >= 4 is 17.9 Å². The SMILES string of the molecule is CCCCCCCC/C=C\CCCCCCCC(=O)OC(COC(=O)CCCCCCCCCCC)COC(=O)CCCCCCCCCCCCCCCCCCCCCCC/C=C\CCCCCCCCCC. The highest BCUT2D eigenvalue weighted by Gasteiger charge is 2.19. The lowest BCUT2D eigenvalue weighted by molar-refractivity contribution is -0.167. The second-order valence-corrected chi connectivity index (χ2v) is 23.1. The summed E-state index contributed by atoms with van der Waals surface area (Å²) in [5.74, 6) is -0.856. The van der Waals surface area contributed by atoms with E-state index in [-0.39, 0.29) is 31.1 Å². The average Bonchev–Trinajstić information content (AvgIpc) is 3.41. The van der Waals surface area contributed by atoms with Crippen molar-refractivity contribution in [3.63, 3.8) is 0 Å². The van der Waals surface area contributed by atoms with Crippen molar-refractivity contribution in [3.05, 3.63) is 24.3 Å². The van der Waals surface area contributed by atoms with Gasteiger partial charge in [0.05, 0.1) is 0 Å². The van der Waals surface area contributed by atoms with Crippen molar-refractivity contribution in [2.24, 2.45) is 0 Å². The molecule has 0 radical (unpaired) electrons. The number of ether oxygens (including phenoxy) is 3. The monoisotopic (exact) mass is 1050 g/mol. The first kappa shape index (κ1) is 72.9. The fraction of sp³-hybridized carbons (Fsp3) is 0.899. The number of unbranched alkanes of at least 4 members (excludes halogenated alkanes) is 48. The highest BCUT2D eigenvalue weighted by Crippen LogP contribution is 2.18. The molecule has 6 heteroatoms. The summed E-state index contributed by atoms with van der Waals surface area (Å²) in [5.41, 5.74) is 0. The molecule has 0 aromatic heterocycles. The van der Waals surface area contributed by atoms with Gasteiger partial charge in [0, 0.05) is 19.3 Å². The Labute approximate surface area is 468 Å². The van der Waals surface area contributed by atoms with E-state index >= 15 is 0 Å². The number of hydrogen-bond acceptors (Lipinski definition) is 6. The van der Waals surface area contributed by atoms with E-state index in [1.165, 1.54) is 276 Å². The lowest BCUT2D eigenvalue weighted by atomic mass is 10.0. The molecule has 0 heterocycles. The zero-order valence-electron chi connectivity index (χ0n) is 50.8. The van der Waals surface area contributed by atoms with Gasteiger partial charge in [0.25, 0.3) is 0 Å². The number of esters is 3. The largest absolute Gasteiger partial charge is 0.462 e. The van der Waals surface area contributed by atoms with Crippen LogP contribution in [-0.4, -0.2) is 37.2 Å². The van der Waals surface area contributed by atoms with Crippen LogP contribution >= 0.6 is 0 Å². The van der Waals surface area contributed by atoms with Gasteiger partial charge < -0.3 is 14.2 Å². The van der Waals surface area contributed by atoms with Crippen LogP contribution in [0.25, 0.3) is 0 Å². The number of hydrogen-bond donors (Lipinski definition) is 0. The van der Waals surface area contributed by atoms with Gasteiger partial charge in [-0.05, 0) is 70.6 Å². The number of rotatable bonds is 63. The fourth-order valence-corrected chi connectivity index (χ4v) is 10.3. The molecule has 0 aliphatic rings. The molecule has 0 spiro atoms. The quantitative estimate of drug-likeness (QED) is 0.0261. The van der Waals surface area contributed by atoms with Gasteiger partial charge in [0.2, 0.25) is 0 Å². The molecule has 0 amide bonds. The second-order valence-electron chi connectivity index (χ2n) is 23.1. The molecule has 75 heavy (non-hydrogen) atoms. The predicted octanol–water partition coefficient (Wildman–Crippen LogP) is 23.0. The Bertz CT molecular complexity index is 1210. The van der Waals surface area contributed by atoms with Crippen molar-refractivity contribution in [3.8, 4) is 0 Å². The van der Waals surface area contributed by atoms with E-state index in [0.717, 1.165) is 64.2 Å². The smallest absolute Gasteiger partial charge is 0.306 e. The summed E-state index contributed by atoms with van der Waals surface area (Å²) in [6.45, 7) is 6.66. The summed E-state index contributed by atoms with van der Waals surface area (Å²) in [5, 5.41) is 0. The van der Waals surface area contributed by atoms with Crippen molar-refractivity contribution < 1.29 is 28.6 Å². The maximum Gasteiger partial charge on any atom is 0.306 e. The molecule has 0 aliphatic heterocycles. The van der Waals surface area contributed by atoms with Gasteiger partial charge in [0.15, 0.2) is 6.10 Å². The van der Waals surface area contributed by atoms with Crippen molar-refractivity contribution in [1.82, 2.24) is 0 Å². The van der Waals surface area contributed by atoms with Gasteiger partial charge in [0.1, 0.15) is 13.2 Å². The topological polar surface area (TPSA) is 78.9 Å². The van der Waals surface area contributed by atoms with Gasteiger partial charge in [-0.1, -0.05) is 315 Å². The van der Waals surface area contributed by atoms with E-state index < -0.39 is 6.10 Å². The Kier molecular flexibility index (Phi) is 62.6. The van der Waals surface area contributed by atoms with Crippen LogP contribution in [0.5, 0.6) is 0 Å². The second kappa shape index (κ2) is 64.4. The van der Waals surface area contributed by atoms with Crippen molar-refractivity contribution in [2.45, 2.75) is 386 Å². The first-order valence-corrected chi connectivity index (χ1v) is 33.8. The standard InChI is InChI=1S/C69H130O6/c1-4-7-10-13-16-19-21-23-25-26-27-28-29-30-31-32-33-34-35-36-37-38-39-40-41-42-44-45-47-50-53-56-59-62-68(71)74-65-66(64-73-67(70)61-58-55-52-49-18-15-12-9-6-3)75-69(72)63-60-57-54-51-48-46-43-24-22-20-17-14-11-8-5-2/h24,26-27,43,66H,4-23,25,28-42,44-65H2,1-3H3/b27-26-,43-24-.